The molecule has 0 radical (unpaired) electrons. The van der Waals surface area contributed by atoms with Gasteiger partial charge in [-0.3, -0.25) is 0 Å². The number of hydrogen-bond donors (Lipinski definition) is 0. The van der Waals surface area contributed by atoms with Crippen molar-refractivity contribution in [2.45, 2.75) is 26.1 Å². The Hall–Kier alpha value is -2.75. The van der Waals surface area contributed by atoms with E-state index in [0.717, 1.165) is 10.8 Å². The SMILES string of the molecule is CC#CCOC(=O)c1cnc(C(F)(F)F)n1[C@H](C)c1ccccc1. The fourth-order valence-corrected chi connectivity index (χ4v) is 2.24. The zero-order valence-electron chi connectivity index (χ0n) is 13.1. The first kappa shape index (κ1) is 17.6. The normalized spacial score (nSPS) is 12.2. The minimum Gasteiger partial charge on any atom is -0.448 e. The van der Waals surface area contributed by atoms with Crippen LogP contribution in [0.15, 0.2) is 36.5 Å². The summed E-state index contributed by atoms with van der Waals surface area (Å²) < 4.78 is 45.5. The van der Waals surface area contributed by atoms with Crippen LogP contribution in [0.2, 0.25) is 0 Å². The standard InChI is InChI=1S/C17H15F3N2O2/c1-3-4-10-24-15(23)14-11-21-16(17(18,19)20)22(14)12(2)13-8-6-5-7-9-13/h5-9,11-12H,10H2,1-2H3/t12-/m1/s1. The van der Waals surface area contributed by atoms with E-state index in [2.05, 4.69) is 16.8 Å². The highest BCUT2D eigenvalue weighted by atomic mass is 19.4. The fraction of sp³-hybridized carbons (Fsp3) is 0.294. The van der Waals surface area contributed by atoms with Crippen LogP contribution < -0.4 is 0 Å². The van der Waals surface area contributed by atoms with Crippen molar-refractivity contribution >= 4 is 5.97 Å². The Balaban J connectivity index is 2.47. The molecule has 0 N–H and O–H groups in total. The van der Waals surface area contributed by atoms with Gasteiger partial charge in [-0.2, -0.15) is 13.2 Å². The van der Waals surface area contributed by atoms with Crippen molar-refractivity contribution in [1.82, 2.24) is 9.55 Å². The predicted molar refractivity (Wildman–Crippen MR) is 81.2 cm³/mol. The number of alkyl halides is 3. The lowest BCUT2D eigenvalue weighted by atomic mass is 10.1. The molecule has 0 aliphatic carbocycles. The van der Waals surface area contributed by atoms with Crippen LogP contribution in [-0.4, -0.2) is 22.1 Å². The number of carbonyl (C=O) groups is 1. The summed E-state index contributed by atoms with van der Waals surface area (Å²) in [5, 5.41) is 0. The summed E-state index contributed by atoms with van der Waals surface area (Å²) >= 11 is 0. The molecule has 0 fully saturated rings. The molecule has 2 rings (SSSR count). The Morgan fingerprint density at radius 2 is 2.00 bits per heavy atom. The summed E-state index contributed by atoms with van der Waals surface area (Å²) in [5.41, 5.74) is 0.347. The molecule has 0 amide bonds. The van der Waals surface area contributed by atoms with Crippen LogP contribution in [0.25, 0.3) is 0 Å². The van der Waals surface area contributed by atoms with E-state index in [4.69, 9.17) is 4.74 Å². The molecule has 7 heteroatoms. The van der Waals surface area contributed by atoms with Gasteiger partial charge in [0.2, 0.25) is 5.82 Å². The lowest BCUT2D eigenvalue weighted by Crippen LogP contribution is -2.22. The monoisotopic (exact) mass is 336 g/mol. The molecular formula is C17H15F3N2O2. The maximum atomic E-state index is 13.2. The van der Waals surface area contributed by atoms with Crippen molar-refractivity contribution in [2.75, 3.05) is 6.61 Å². The summed E-state index contributed by atoms with van der Waals surface area (Å²) in [6, 6.07) is 7.80. The smallest absolute Gasteiger partial charge is 0.448 e. The number of rotatable bonds is 4. The number of halogens is 3. The molecule has 0 bridgehead atoms. The maximum Gasteiger partial charge on any atom is 0.449 e. The molecule has 0 aliphatic heterocycles. The number of ether oxygens (including phenoxy) is 1. The average Bonchev–Trinajstić information content (AvgIpc) is 3.00. The van der Waals surface area contributed by atoms with E-state index in [9.17, 15) is 18.0 Å². The van der Waals surface area contributed by atoms with Gasteiger partial charge in [0.05, 0.1) is 12.2 Å². The van der Waals surface area contributed by atoms with E-state index >= 15 is 0 Å². The van der Waals surface area contributed by atoms with Crippen LogP contribution in [0.1, 0.15) is 41.8 Å². The minimum atomic E-state index is -4.69. The number of imidazole rings is 1. The Bertz CT molecular complexity index is 771. The summed E-state index contributed by atoms with van der Waals surface area (Å²) in [7, 11) is 0. The Morgan fingerprint density at radius 3 is 2.58 bits per heavy atom. The van der Waals surface area contributed by atoms with Crippen LogP contribution in [0.3, 0.4) is 0 Å². The number of benzene rings is 1. The van der Waals surface area contributed by atoms with E-state index in [-0.39, 0.29) is 12.3 Å². The lowest BCUT2D eigenvalue weighted by molar-refractivity contribution is -0.147. The molecule has 0 saturated carbocycles. The first-order chi connectivity index (χ1) is 11.4. The predicted octanol–water partition coefficient (Wildman–Crippen LogP) is 3.69. The Labute approximate surface area is 137 Å². The third-order valence-corrected chi connectivity index (χ3v) is 3.38. The second-order valence-corrected chi connectivity index (χ2v) is 4.92. The summed E-state index contributed by atoms with van der Waals surface area (Å²) in [6.07, 6.45) is -3.81. The number of aromatic nitrogens is 2. The van der Waals surface area contributed by atoms with E-state index in [1.165, 1.54) is 0 Å². The van der Waals surface area contributed by atoms with Gasteiger partial charge in [-0.15, -0.1) is 5.92 Å². The van der Waals surface area contributed by atoms with Crippen molar-refractivity contribution in [1.29, 1.82) is 0 Å². The molecule has 2 aromatic rings. The number of carbonyl (C=O) groups excluding carboxylic acids is 1. The van der Waals surface area contributed by atoms with Crippen molar-refractivity contribution in [2.24, 2.45) is 0 Å². The lowest BCUT2D eigenvalue weighted by Gasteiger charge is -2.20. The van der Waals surface area contributed by atoms with Gasteiger partial charge in [-0.05, 0) is 19.4 Å². The second kappa shape index (κ2) is 7.21. The van der Waals surface area contributed by atoms with Crippen molar-refractivity contribution in [3.63, 3.8) is 0 Å². The maximum absolute atomic E-state index is 13.2. The van der Waals surface area contributed by atoms with Gasteiger partial charge in [-0.1, -0.05) is 36.3 Å². The van der Waals surface area contributed by atoms with Crippen molar-refractivity contribution in [3.05, 3.63) is 53.6 Å². The molecule has 0 spiro atoms. The molecule has 24 heavy (non-hydrogen) atoms. The molecule has 126 valence electrons. The fourth-order valence-electron chi connectivity index (χ4n) is 2.24. The largest absolute Gasteiger partial charge is 0.449 e. The third-order valence-electron chi connectivity index (χ3n) is 3.38. The van der Waals surface area contributed by atoms with Gasteiger partial charge in [0, 0.05) is 0 Å². The van der Waals surface area contributed by atoms with Crippen LogP contribution in [0.5, 0.6) is 0 Å². The van der Waals surface area contributed by atoms with Crippen molar-refractivity contribution < 1.29 is 22.7 Å². The third kappa shape index (κ3) is 3.77. The van der Waals surface area contributed by atoms with Gasteiger partial charge in [0.15, 0.2) is 6.61 Å². The zero-order chi connectivity index (χ0) is 17.7. The van der Waals surface area contributed by atoms with Gasteiger partial charge in [-0.25, -0.2) is 9.78 Å². The van der Waals surface area contributed by atoms with Gasteiger partial charge in [0.25, 0.3) is 0 Å². The molecule has 0 saturated heterocycles. The van der Waals surface area contributed by atoms with Gasteiger partial charge >= 0.3 is 12.1 Å². The van der Waals surface area contributed by atoms with Crippen LogP contribution in [0.4, 0.5) is 13.2 Å². The topological polar surface area (TPSA) is 44.1 Å². The molecular weight excluding hydrogens is 321 g/mol. The van der Waals surface area contributed by atoms with Crippen LogP contribution >= 0.6 is 0 Å². The highest BCUT2D eigenvalue weighted by Crippen LogP contribution is 2.33. The molecule has 1 atom stereocenters. The quantitative estimate of drug-likeness (QED) is 0.632. The van der Waals surface area contributed by atoms with E-state index in [1.54, 1.807) is 44.2 Å². The summed E-state index contributed by atoms with van der Waals surface area (Å²) in [4.78, 5) is 15.5. The average molecular weight is 336 g/mol. The van der Waals surface area contributed by atoms with Crippen molar-refractivity contribution in [3.8, 4) is 11.8 Å². The Kier molecular flexibility index (Phi) is 5.29. The molecule has 4 nitrogen and oxygen atoms in total. The van der Waals surface area contributed by atoms with E-state index < -0.39 is 24.0 Å². The Morgan fingerprint density at radius 1 is 1.33 bits per heavy atom. The first-order valence-electron chi connectivity index (χ1n) is 7.12. The highest BCUT2D eigenvalue weighted by molar-refractivity contribution is 5.87. The molecule has 1 heterocycles. The van der Waals surface area contributed by atoms with Crippen LogP contribution in [0, 0.1) is 11.8 Å². The second-order valence-electron chi connectivity index (χ2n) is 4.92. The zero-order valence-corrected chi connectivity index (χ0v) is 13.1. The molecule has 1 aromatic heterocycles. The highest BCUT2D eigenvalue weighted by Gasteiger charge is 2.39. The van der Waals surface area contributed by atoms with Gasteiger partial charge < -0.3 is 9.30 Å². The molecule has 0 aliphatic rings. The number of hydrogen-bond acceptors (Lipinski definition) is 3. The first-order valence-corrected chi connectivity index (χ1v) is 7.12. The number of esters is 1. The molecule has 1 aromatic carbocycles. The van der Waals surface area contributed by atoms with E-state index in [0.29, 0.717) is 5.56 Å². The number of nitrogens with zero attached hydrogens (tertiary/aromatic N) is 2. The van der Waals surface area contributed by atoms with Gasteiger partial charge in [0.1, 0.15) is 5.69 Å². The molecule has 0 unspecified atom stereocenters. The summed E-state index contributed by atoms with van der Waals surface area (Å²) in [5.74, 6) is 3.01. The van der Waals surface area contributed by atoms with Crippen LogP contribution in [-0.2, 0) is 10.9 Å². The summed E-state index contributed by atoms with van der Waals surface area (Å²) in [6.45, 7) is 2.94. The minimum absolute atomic E-state index is 0.193. The van der Waals surface area contributed by atoms with E-state index in [1.807, 2.05) is 0 Å².